The Morgan fingerprint density at radius 1 is 1.19 bits per heavy atom. The molecule has 1 heterocycles. The molecule has 1 saturated heterocycles. The van der Waals surface area contributed by atoms with E-state index in [1.54, 1.807) is 13.0 Å². The van der Waals surface area contributed by atoms with Crippen LogP contribution in [0.1, 0.15) is 26.3 Å². The van der Waals surface area contributed by atoms with E-state index in [9.17, 15) is 9.59 Å². The van der Waals surface area contributed by atoms with Crippen LogP contribution in [0.5, 0.6) is 11.5 Å². The molecule has 1 aliphatic heterocycles. The predicted octanol–water partition coefficient (Wildman–Crippen LogP) is 3.73. The number of hydrogen-bond donors (Lipinski definition) is 0. The van der Waals surface area contributed by atoms with Crippen molar-refractivity contribution in [3.63, 3.8) is 0 Å². The fourth-order valence-electron chi connectivity index (χ4n) is 2.15. The van der Waals surface area contributed by atoms with Crippen LogP contribution in [0.3, 0.4) is 0 Å². The van der Waals surface area contributed by atoms with Crippen LogP contribution in [-0.2, 0) is 19.1 Å². The van der Waals surface area contributed by atoms with E-state index in [0.29, 0.717) is 32.6 Å². The Hall–Kier alpha value is -2.05. The molecular weight excluding hydrogens is 474 g/mol. The van der Waals surface area contributed by atoms with Crippen LogP contribution in [0, 0.1) is 11.3 Å². The fraction of sp³-hybridized carbons (Fsp3) is 0.353. The van der Waals surface area contributed by atoms with Crippen LogP contribution in [0.2, 0.25) is 0 Å². The van der Waals surface area contributed by atoms with E-state index >= 15 is 0 Å². The second-order valence-corrected chi connectivity index (χ2v) is 7.12. The summed E-state index contributed by atoms with van der Waals surface area (Å²) in [5, 5.41) is 8.73. The lowest BCUT2D eigenvalue weighted by Gasteiger charge is -2.29. The minimum Gasteiger partial charge on any atom is -0.490 e. The molecule has 0 amide bonds. The molecule has 0 aliphatic carbocycles. The number of carbonyl (C=O) groups excluding carboxylic acids is 2. The molecule has 0 radical (unpaired) electrons. The number of benzene rings is 1. The van der Waals surface area contributed by atoms with Crippen LogP contribution in [0.15, 0.2) is 20.6 Å². The quantitative estimate of drug-likeness (QED) is 0.354. The highest BCUT2D eigenvalue weighted by molar-refractivity contribution is 9.13. The normalized spacial score (nSPS) is 15.6. The van der Waals surface area contributed by atoms with Crippen LogP contribution in [0.4, 0.5) is 0 Å². The van der Waals surface area contributed by atoms with E-state index in [0.717, 1.165) is 0 Å². The van der Waals surface area contributed by atoms with Gasteiger partial charge in [0, 0.05) is 18.3 Å². The summed E-state index contributed by atoms with van der Waals surface area (Å²) in [4.78, 5) is 24.3. The van der Waals surface area contributed by atoms with Crippen molar-refractivity contribution in [3.8, 4) is 17.6 Å². The zero-order chi connectivity index (χ0) is 19.5. The van der Waals surface area contributed by atoms with E-state index in [1.165, 1.54) is 19.9 Å². The molecule has 2 rings (SSSR count). The van der Waals surface area contributed by atoms with Crippen molar-refractivity contribution in [1.29, 1.82) is 5.26 Å². The number of hydrogen-bond acceptors (Lipinski definition) is 7. The third-order valence-electron chi connectivity index (χ3n) is 3.15. The first kappa shape index (κ1) is 20.3. The van der Waals surface area contributed by atoms with Gasteiger partial charge in [-0.2, -0.15) is 5.26 Å². The monoisotopic (exact) mass is 487 g/mol. The molecule has 26 heavy (non-hydrogen) atoms. The van der Waals surface area contributed by atoms with Crippen LogP contribution in [-0.4, -0.2) is 30.9 Å². The van der Waals surface area contributed by atoms with Gasteiger partial charge in [-0.05, 0) is 56.5 Å². The topological polar surface area (TPSA) is 94.8 Å². The van der Waals surface area contributed by atoms with Gasteiger partial charge in [0.15, 0.2) is 18.1 Å². The molecule has 1 aromatic rings. The van der Waals surface area contributed by atoms with Gasteiger partial charge in [0.05, 0.1) is 11.1 Å². The zero-order valence-corrected chi connectivity index (χ0v) is 17.4. The Kier molecular flexibility index (Phi) is 6.31. The van der Waals surface area contributed by atoms with Gasteiger partial charge in [0.2, 0.25) is 0 Å². The molecule has 1 fully saturated rings. The van der Waals surface area contributed by atoms with E-state index in [4.69, 9.17) is 24.2 Å². The molecule has 0 unspecified atom stereocenters. The van der Waals surface area contributed by atoms with E-state index in [2.05, 4.69) is 31.9 Å². The number of nitrogens with zero attached hydrogens (tertiary/aromatic N) is 1. The van der Waals surface area contributed by atoms with Crippen LogP contribution in [0.25, 0.3) is 6.08 Å². The lowest BCUT2D eigenvalue weighted by atomic mass is 10.1. The molecule has 138 valence electrons. The number of cyclic esters (lactones) is 2. The highest BCUT2D eigenvalue weighted by Gasteiger charge is 2.39. The number of halogens is 2. The number of rotatable bonds is 5. The molecule has 1 aliphatic rings. The van der Waals surface area contributed by atoms with Crippen molar-refractivity contribution < 1.29 is 28.5 Å². The van der Waals surface area contributed by atoms with Crippen molar-refractivity contribution in [3.05, 3.63) is 26.1 Å². The maximum Gasteiger partial charge on any atom is 0.348 e. The number of nitriles is 1. The van der Waals surface area contributed by atoms with Crippen molar-refractivity contribution in [2.45, 2.75) is 26.6 Å². The minimum absolute atomic E-state index is 0.167. The summed E-state index contributed by atoms with van der Waals surface area (Å²) >= 11 is 6.76. The van der Waals surface area contributed by atoms with Crippen molar-refractivity contribution >= 4 is 49.9 Å². The first-order valence-corrected chi connectivity index (χ1v) is 9.11. The van der Waals surface area contributed by atoms with E-state index < -0.39 is 17.7 Å². The average Bonchev–Trinajstić information content (AvgIpc) is 2.54. The zero-order valence-electron chi connectivity index (χ0n) is 14.2. The second-order valence-electron chi connectivity index (χ2n) is 5.54. The first-order chi connectivity index (χ1) is 12.2. The Balaban J connectivity index is 2.51. The second kappa shape index (κ2) is 8.10. The summed E-state index contributed by atoms with van der Waals surface area (Å²) in [6.07, 6.45) is 1.34. The largest absolute Gasteiger partial charge is 0.490 e. The van der Waals surface area contributed by atoms with Gasteiger partial charge in [-0.15, -0.1) is 0 Å². The van der Waals surface area contributed by atoms with Gasteiger partial charge in [0.25, 0.3) is 5.79 Å². The summed E-state index contributed by atoms with van der Waals surface area (Å²) in [6, 6.07) is 3.47. The minimum atomic E-state index is -1.31. The third-order valence-corrected chi connectivity index (χ3v) is 5.30. The SMILES string of the molecule is CCOc1cc(C=C2C(=O)OC(C)(C)OC2=O)c(Br)c(Br)c1OCC#N. The highest BCUT2D eigenvalue weighted by atomic mass is 79.9. The Bertz CT molecular complexity index is 804. The molecule has 0 atom stereocenters. The number of ether oxygens (including phenoxy) is 4. The first-order valence-electron chi connectivity index (χ1n) is 7.53. The molecular formula is C17H15Br2NO6. The molecule has 0 spiro atoms. The molecule has 0 N–H and O–H groups in total. The summed E-state index contributed by atoms with van der Waals surface area (Å²) in [6.45, 7) is 4.92. The maximum atomic E-state index is 12.1. The van der Waals surface area contributed by atoms with Crippen molar-refractivity contribution in [2.24, 2.45) is 0 Å². The smallest absolute Gasteiger partial charge is 0.348 e. The molecule has 0 aromatic heterocycles. The van der Waals surface area contributed by atoms with Gasteiger partial charge in [-0.25, -0.2) is 9.59 Å². The van der Waals surface area contributed by atoms with Gasteiger partial charge < -0.3 is 18.9 Å². The molecule has 9 heteroatoms. The predicted molar refractivity (Wildman–Crippen MR) is 98.4 cm³/mol. The van der Waals surface area contributed by atoms with Crippen molar-refractivity contribution in [1.82, 2.24) is 0 Å². The van der Waals surface area contributed by atoms with Gasteiger partial charge in [-0.3, -0.25) is 0 Å². The summed E-state index contributed by atoms with van der Waals surface area (Å²) < 4.78 is 22.1. The standard InChI is InChI=1S/C17H15Br2NO6/c1-4-23-11-8-9(12(18)13(19)14(11)24-6-5-20)7-10-15(21)25-17(2,3)26-16(10)22/h7-8H,4,6H2,1-3H3. The summed E-state index contributed by atoms with van der Waals surface area (Å²) in [5.41, 5.74) is 0.221. The molecule has 0 bridgehead atoms. The van der Waals surface area contributed by atoms with E-state index in [-0.39, 0.29) is 12.2 Å². The molecule has 1 aromatic carbocycles. The Morgan fingerprint density at radius 3 is 2.35 bits per heavy atom. The molecule has 0 saturated carbocycles. The van der Waals surface area contributed by atoms with E-state index in [1.807, 2.05) is 6.07 Å². The number of carbonyl (C=O) groups is 2. The van der Waals surface area contributed by atoms with Crippen LogP contribution < -0.4 is 9.47 Å². The highest BCUT2D eigenvalue weighted by Crippen LogP contribution is 2.43. The molecule has 7 nitrogen and oxygen atoms in total. The lowest BCUT2D eigenvalue weighted by Crippen LogP contribution is -2.41. The number of esters is 2. The van der Waals surface area contributed by atoms with Crippen molar-refractivity contribution in [2.75, 3.05) is 13.2 Å². The van der Waals surface area contributed by atoms with Gasteiger partial charge >= 0.3 is 11.9 Å². The van der Waals surface area contributed by atoms with Crippen LogP contribution >= 0.6 is 31.9 Å². The fourth-order valence-corrected chi connectivity index (χ4v) is 3.09. The Morgan fingerprint density at radius 2 is 1.81 bits per heavy atom. The third kappa shape index (κ3) is 4.37. The summed E-state index contributed by atoms with van der Waals surface area (Å²) in [7, 11) is 0. The lowest BCUT2D eigenvalue weighted by molar-refractivity contribution is -0.222. The average molecular weight is 489 g/mol. The Labute approximate surface area is 167 Å². The van der Waals surface area contributed by atoms with Gasteiger partial charge in [-0.1, -0.05) is 0 Å². The summed E-state index contributed by atoms with van der Waals surface area (Å²) in [5.74, 6) is -2.19. The van der Waals surface area contributed by atoms with Gasteiger partial charge in [0.1, 0.15) is 11.6 Å². The maximum absolute atomic E-state index is 12.1.